The Morgan fingerprint density at radius 1 is 1.40 bits per heavy atom. The molecule has 1 aromatic heterocycles. The topological polar surface area (TPSA) is 33.1 Å². The van der Waals surface area contributed by atoms with Gasteiger partial charge in [-0.3, -0.25) is 9.58 Å². The maximum atomic E-state index is 4.33. The van der Waals surface area contributed by atoms with Crippen LogP contribution in [-0.4, -0.2) is 39.4 Å². The van der Waals surface area contributed by atoms with E-state index in [4.69, 9.17) is 0 Å². The summed E-state index contributed by atoms with van der Waals surface area (Å²) in [6, 6.07) is 0.669. The zero-order valence-electron chi connectivity index (χ0n) is 12.9. The van der Waals surface area contributed by atoms with E-state index in [2.05, 4.69) is 28.4 Å². The maximum Gasteiger partial charge on any atom is 0.0534 e. The van der Waals surface area contributed by atoms with Crippen LogP contribution >= 0.6 is 0 Å². The summed E-state index contributed by atoms with van der Waals surface area (Å²) in [5, 5.41) is 8.14. The van der Waals surface area contributed by atoms with E-state index in [1.54, 1.807) is 0 Å². The van der Waals surface area contributed by atoms with Gasteiger partial charge in [-0.2, -0.15) is 5.10 Å². The second-order valence-corrected chi connectivity index (χ2v) is 6.70. The van der Waals surface area contributed by atoms with Crippen molar-refractivity contribution >= 4 is 0 Å². The van der Waals surface area contributed by atoms with Crippen LogP contribution < -0.4 is 5.32 Å². The minimum atomic E-state index is 0.417. The first-order chi connectivity index (χ1) is 9.72. The molecule has 1 aliphatic carbocycles. The number of nitrogens with one attached hydrogen (secondary N) is 1. The Bertz CT molecular complexity index is 433. The molecule has 4 nitrogen and oxygen atoms in total. The molecular formula is C16H28N4. The van der Waals surface area contributed by atoms with Gasteiger partial charge in [-0.05, 0) is 19.3 Å². The first kappa shape index (κ1) is 14.1. The highest BCUT2D eigenvalue weighted by Crippen LogP contribution is 2.38. The number of hydrogen-bond donors (Lipinski definition) is 1. The van der Waals surface area contributed by atoms with Gasteiger partial charge in [0.05, 0.1) is 6.20 Å². The van der Waals surface area contributed by atoms with Crippen molar-refractivity contribution in [1.82, 2.24) is 20.0 Å². The zero-order chi connectivity index (χ0) is 14.0. The van der Waals surface area contributed by atoms with Gasteiger partial charge in [-0.1, -0.05) is 26.2 Å². The number of rotatable bonds is 4. The summed E-state index contributed by atoms with van der Waals surface area (Å²) < 4.78 is 1.92. The van der Waals surface area contributed by atoms with Gasteiger partial charge in [-0.25, -0.2) is 0 Å². The third-order valence-electron chi connectivity index (χ3n) is 5.13. The van der Waals surface area contributed by atoms with Gasteiger partial charge in [-0.15, -0.1) is 0 Å². The zero-order valence-corrected chi connectivity index (χ0v) is 12.9. The number of hydrogen-bond acceptors (Lipinski definition) is 3. The summed E-state index contributed by atoms with van der Waals surface area (Å²) in [4.78, 5) is 2.76. The third-order valence-corrected chi connectivity index (χ3v) is 5.13. The maximum absolute atomic E-state index is 4.33. The predicted molar refractivity (Wildman–Crippen MR) is 81.5 cm³/mol. The molecule has 1 saturated carbocycles. The molecule has 112 valence electrons. The molecule has 2 heterocycles. The molecular weight excluding hydrogens is 248 g/mol. The van der Waals surface area contributed by atoms with Crippen molar-refractivity contribution in [3.63, 3.8) is 0 Å². The average molecular weight is 276 g/mol. The van der Waals surface area contributed by atoms with E-state index < -0.39 is 0 Å². The highest BCUT2D eigenvalue weighted by atomic mass is 15.3. The van der Waals surface area contributed by atoms with Crippen LogP contribution in [0.5, 0.6) is 0 Å². The minimum absolute atomic E-state index is 0.417. The van der Waals surface area contributed by atoms with Crippen LogP contribution in [-0.2, 0) is 13.6 Å². The van der Waals surface area contributed by atoms with Gasteiger partial charge in [0.25, 0.3) is 0 Å². The summed E-state index contributed by atoms with van der Waals surface area (Å²) >= 11 is 0. The number of nitrogens with zero attached hydrogens (tertiary/aromatic N) is 3. The lowest BCUT2D eigenvalue weighted by Crippen LogP contribution is -2.63. The molecule has 1 aliphatic heterocycles. The van der Waals surface area contributed by atoms with Crippen molar-refractivity contribution < 1.29 is 0 Å². The molecule has 0 radical (unpaired) electrons. The van der Waals surface area contributed by atoms with E-state index in [9.17, 15) is 0 Å². The molecule has 0 aromatic carbocycles. The Hall–Kier alpha value is -0.870. The molecule has 0 bridgehead atoms. The Kier molecular flexibility index (Phi) is 4.13. The summed E-state index contributed by atoms with van der Waals surface area (Å²) in [6.07, 6.45) is 12.3. The second-order valence-electron chi connectivity index (χ2n) is 6.70. The Morgan fingerprint density at radius 3 is 2.85 bits per heavy atom. The molecule has 3 rings (SSSR count). The van der Waals surface area contributed by atoms with Gasteiger partial charge in [0.1, 0.15) is 0 Å². The lowest BCUT2D eigenvalue weighted by Gasteiger charge is -2.48. The van der Waals surface area contributed by atoms with E-state index in [0.717, 1.165) is 6.54 Å². The second kappa shape index (κ2) is 5.86. The van der Waals surface area contributed by atoms with Crippen molar-refractivity contribution in [1.29, 1.82) is 0 Å². The van der Waals surface area contributed by atoms with Crippen LogP contribution in [0.3, 0.4) is 0 Å². The average Bonchev–Trinajstić information content (AvgIpc) is 3.05. The lowest BCUT2D eigenvalue weighted by molar-refractivity contribution is 0.0338. The van der Waals surface area contributed by atoms with E-state index in [0.29, 0.717) is 11.6 Å². The van der Waals surface area contributed by atoms with Crippen LogP contribution in [0.4, 0.5) is 0 Å². The SMILES string of the molecule is CCCC1CN(Cc2cnn(C)c2)C2(CCCC2)CN1. The van der Waals surface area contributed by atoms with Crippen molar-refractivity contribution in [3.8, 4) is 0 Å². The minimum Gasteiger partial charge on any atom is -0.311 e. The highest BCUT2D eigenvalue weighted by molar-refractivity contribution is 5.08. The molecule has 2 fully saturated rings. The molecule has 1 spiro atoms. The quantitative estimate of drug-likeness (QED) is 0.916. The fourth-order valence-corrected chi connectivity index (χ4v) is 4.04. The number of piperazine rings is 1. The van der Waals surface area contributed by atoms with Gasteiger partial charge in [0.2, 0.25) is 0 Å². The summed E-state index contributed by atoms with van der Waals surface area (Å²) in [5.74, 6) is 0. The molecule has 2 aliphatic rings. The Morgan fingerprint density at radius 2 is 2.20 bits per heavy atom. The molecule has 1 aromatic rings. The largest absolute Gasteiger partial charge is 0.311 e. The van der Waals surface area contributed by atoms with Crippen molar-refractivity contribution in [2.75, 3.05) is 13.1 Å². The fraction of sp³-hybridized carbons (Fsp3) is 0.812. The Balaban J connectivity index is 1.74. The van der Waals surface area contributed by atoms with Crippen LogP contribution in [0.2, 0.25) is 0 Å². The van der Waals surface area contributed by atoms with Gasteiger partial charge >= 0.3 is 0 Å². The van der Waals surface area contributed by atoms with Crippen LogP contribution in [0.1, 0.15) is 51.0 Å². The lowest BCUT2D eigenvalue weighted by atomic mass is 9.89. The van der Waals surface area contributed by atoms with E-state index in [-0.39, 0.29) is 0 Å². The van der Waals surface area contributed by atoms with Gasteiger partial charge < -0.3 is 5.32 Å². The first-order valence-corrected chi connectivity index (χ1v) is 8.18. The van der Waals surface area contributed by atoms with Crippen molar-refractivity contribution in [2.24, 2.45) is 7.05 Å². The van der Waals surface area contributed by atoms with Crippen molar-refractivity contribution in [3.05, 3.63) is 18.0 Å². The summed E-state index contributed by atoms with van der Waals surface area (Å²) in [7, 11) is 2.01. The number of aryl methyl sites for hydroxylation is 1. The summed E-state index contributed by atoms with van der Waals surface area (Å²) in [6.45, 7) is 5.73. The van der Waals surface area contributed by atoms with Crippen LogP contribution in [0.15, 0.2) is 12.4 Å². The van der Waals surface area contributed by atoms with Gasteiger partial charge in [0.15, 0.2) is 0 Å². The van der Waals surface area contributed by atoms with E-state index >= 15 is 0 Å². The molecule has 4 heteroatoms. The summed E-state index contributed by atoms with van der Waals surface area (Å²) in [5.41, 5.74) is 1.77. The fourth-order valence-electron chi connectivity index (χ4n) is 4.04. The van der Waals surface area contributed by atoms with Crippen LogP contribution in [0.25, 0.3) is 0 Å². The van der Waals surface area contributed by atoms with E-state index in [1.165, 1.54) is 57.2 Å². The predicted octanol–water partition coefficient (Wildman–Crippen LogP) is 2.31. The highest BCUT2D eigenvalue weighted by Gasteiger charge is 2.43. The van der Waals surface area contributed by atoms with Crippen LogP contribution in [0, 0.1) is 0 Å². The van der Waals surface area contributed by atoms with E-state index in [1.807, 2.05) is 17.9 Å². The molecule has 1 unspecified atom stereocenters. The van der Waals surface area contributed by atoms with Crippen molar-refractivity contribution in [2.45, 2.75) is 63.6 Å². The molecule has 1 saturated heterocycles. The Labute approximate surface area is 122 Å². The standard InChI is InChI=1S/C16H28N4/c1-3-6-15-12-20(11-14-9-18-19(2)10-14)16(13-17-15)7-4-5-8-16/h9-10,15,17H,3-8,11-13H2,1-2H3. The third kappa shape index (κ3) is 2.77. The smallest absolute Gasteiger partial charge is 0.0534 e. The molecule has 0 amide bonds. The molecule has 1 N–H and O–H groups in total. The molecule has 1 atom stereocenters. The monoisotopic (exact) mass is 276 g/mol. The normalized spacial score (nSPS) is 26.4. The first-order valence-electron chi connectivity index (χ1n) is 8.18. The number of aromatic nitrogens is 2. The molecule has 20 heavy (non-hydrogen) atoms. The van der Waals surface area contributed by atoms with Gasteiger partial charge in [0, 0.05) is 50.0 Å².